The van der Waals surface area contributed by atoms with Crippen LogP contribution < -0.4 is 5.73 Å². The van der Waals surface area contributed by atoms with E-state index in [4.69, 9.17) is 26.8 Å². The number of methoxy groups -OCH3 is 1. The molecule has 7 nitrogen and oxygen atoms in total. The molecular weight excluding hydrogens is 270 g/mol. The number of nitrogen functional groups attached to an aromatic ring is 1. The van der Waals surface area contributed by atoms with Crippen molar-refractivity contribution in [1.29, 1.82) is 0 Å². The topological polar surface area (TPSA) is 88.1 Å². The van der Waals surface area contributed by atoms with Gasteiger partial charge in [-0.25, -0.2) is 4.98 Å². The first-order valence-corrected chi connectivity index (χ1v) is 6.36. The van der Waals surface area contributed by atoms with Gasteiger partial charge in [0, 0.05) is 7.11 Å². The number of fused-ring (bicyclic) bond motifs is 1. The number of ether oxygens (including phenoxy) is 2. The summed E-state index contributed by atoms with van der Waals surface area (Å²) in [5.74, 6) is 0.278. The molecular formula is C11H14ClN5O2. The molecule has 0 amide bonds. The number of imidazole rings is 1. The zero-order chi connectivity index (χ0) is 13.4. The Balaban J connectivity index is 1.94. The van der Waals surface area contributed by atoms with Crippen LogP contribution in [0.3, 0.4) is 0 Å². The van der Waals surface area contributed by atoms with Gasteiger partial charge < -0.3 is 15.2 Å². The number of nitrogens with two attached hydrogens (primary N) is 1. The van der Waals surface area contributed by atoms with Gasteiger partial charge >= 0.3 is 0 Å². The molecule has 1 saturated heterocycles. The highest BCUT2D eigenvalue weighted by Crippen LogP contribution is 2.31. The predicted octanol–water partition coefficient (Wildman–Crippen LogP) is 1.39. The molecule has 1 unspecified atom stereocenters. The molecule has 0 saturated carbocycles. The van der Waals surface area contributed by atoms with Crippen molar-refractivity contribution in [2.75, 3.05) is 19.5 Å². The average Bonchev–Trinajstić information content (AvgIpc) is 2.95. The SMILES string of the molecule is COC[C@@H]1CCC(n2cnc3c(N)nc(Cl)nc32)O1. The standard InChI is InChI=1S/C11H14ClN5O2/c1-18-4-6-2-3-7(19-6)17-5-14-8-9(13)15-11(12)16-10(8)17/h5-7H,2-4H2,1H3,(H2,13,15,16)/t6-,7?/m0/s1. The lowest BCUT2D eigenvalue weighted by Gasteiger charge is -2.14. The van der Waals surface area contributed by atoms with Gasteiger partial charge in [0.2, 0.25) is 5.28 Å². The van der Waals surface area contributed by atoms with Crippen molar-refractivity contribution in [3.8, 4) is 0 Å². The molecule has 0 spiro atoms. The Hall–Kier alpha value is -1.44. The summed E-state index contributed by atoms with van der Waals surface area (Å²) in [6.45, 7) is 0.584. The first kappa shape index (κ1) is 12.6. The molecule has 2 atom stereocenters. The summed E-state index contributed by atoms with van der Waals surface area (Å²) in [7, 11) is 1.66. The van der Waals surface area contributed by atoms with E-state index >= 15 is 0 Å². The predicted molar refractivity (Wildman–Crippen MR) is 69.8 cm³/mol. The maximum absolute atomic E-state index is 5.89. The molecule has 1 aliphatic rings. The number of nitrogens with zero attached hydrogens (tertiary/aromatic N) is 4. The molecule has 19 heavy (non-hydrogen) atoms. The Morgan fingerprint density at radius 2 is 2.37 bits per heavy atom. The van der Waals surface area contributed by atoms with E-state index in [0.29, 0.717) is 17.8 Å². The minimum absolute atomic E-state index is 0.0992. The van der Waals surface area contributed by atoms with Gasteiger partial charge in [-0.1, -0.05) is 0 Å². The van der Waals surface area contributed by atoms with Gasteiger partial charge in [0.1, 0.15) is 11.7 Å². The molecule has 1 aliphatic heterocycles. The highest BCUT2D eigenvalue weighted by Gasteiger charge is 2.28. The lowest BCUT2D eigenvalue weighted by Crippen LogP contribution is -2.15. The Bertz CT molecular complexity index is 602. The molecule has 0 bridgehead atoms. The minimum atomic E-state index is -0.115. The number of hydrogen-bond acceptors (Lipinski definition) is 6. The van der Waals surface area contributed by atoms with Gasteiger partial charge in [-0.15, -0.1) is 0 Å². The van der Waals surface area contributed by atoms with E-state index in [-0.39, 0.29) is 23.4 Å². The van der Waals surface area contributed by atoms with E-state index in [1.165, 1.54) is 0 Å². The molecule has 0 aliphatic carbocycles. The summed E-state index contributed by atoms with van der Waals surface area (Å²) in [5, 5.41) is 0.109. The Kier molecular flexibility index (Phi) is 3.26. The second-order valence-electron chi connectivity index (χ2n) is 4.45. The fourth-order valence-corrected chi connectivity index (χ4v) is 2.49. The second kappa shape index (κ2) is 4.92. The molecule has 2 aromatic rings. The summed E-state index contributed by atoms with van der Waals surface area (Å²) in [5.41, 5.74) is 6.91. The molecule has 8 heteroatoms. The highest BCUT2D eigenvalue weighted by molar-refractivity contribution is 6.28. The Morgan fingerprint density at radius 3 is 3.16 bits per heavy atom. The van der Waals surface area contributed by atoms with Crippen LogP contribution in [0.2, 0.25) is 5.28 Å². The van der Waals surface area contributed by atoms with Crippen LogP contribution >= 0.6 is 11.6 Å². The van der Waals surface area contributed by atoms with Crippen LogP contribution in [0.1, 0.15) is 19.1 Å². The highest BCUT2D eigenvalue weighted by atomic mass is 35.5. The maximum atomic E-state index is 5.89. The van der Waals surface area contributed by atoms with Crippen molar-refractivity contribution in [2.45, 2.75) is 25.2 Å². The van der Waals surface area contributed by atoms with Crippen molar-refractivity contribution in [1.82, 2.24) is 19.5 Å². The number of rotatable bonds is 3. The summed E-state index contributed by atoms with van der Waals surface area (Å²) < 4.78 is 12.8. The van der Waals surface area contributed by atoms with Crippen LogP contribution in [0.25, 0.3) is 11.2 Å². The maximum Gasteiger partial charge on any atom is 0.226 e. The molecule has 3 heterocycles. The van der Waals surface area contributed by atoms with Crippen LogP contribution in [0.5, 0.6) is 0 Å². The zero-order valence-corrected chi connectivity index (χ0v) is 11.2. The van der Waals surface area contributed by atoms with Crippen LogP contribution in [0.15, 0.2) is 6.33 Å². The minimum Gasteiger partial charge on any atom is -0.382 e. The smallest absolute Gasteiger partial charge is 0.226 e. The van der Waals surface area contributed by atoms with Crippen molar-refractivity contribution >= 4 is 28.6 Å². The van der Waals surface area contributed by atoms with E-state index in [2.05, 4.69) is 15.0 Å². The van der Waals surface area contributed by atoms with E-state index in [0.717, 1.165) is 12.8 Å². The van der Waals surface area contributed by atoms with E-state index in [9.17, 15) is 0 Å². The van der Waals surface area contributed by atoms with Gasteiger partial charge in [0.15, 0.2) is 11.5 Å². The lowest BCUT2D eigenvalue weighted by atomic mass is 10.2. The molecule has 3 rings (SSSR count). The first-order chi connectivity index (χ1) is 9.19. The molecule has 2 N–H and O–H groups in total. The quantitative estimate of drug-likeness (QED) is 0.856. The number of hydrogen-bond donors (Lipinski definition) is 1. The summed E-state index contributed by atoms with van der Waals surface area (Å²) in [6, 6.07) is 0. The van der Waals surface area contributed by atoms with Crippen LogP contribution in [-0.4, -0.2) is 39.3 Å². The zero-order valence-electron chi connectivity index (χ0n) is 10.4. The summed E-state index contributed by atoms with van der Waals surface area (Å²) in [6.07, 6.45) is 3.46. The monoisotopic (exact) mass is 283 g/mol. The largest absolute Gasteiger partial charge is 0.382 e. The third-order valence-corrected chi connectivity index (χ3v) is 3.34. The molecule has 1 fully saturated rings. The number of halogens is 1. The van der Waals surface area contributed by atoms with Gasteiger partial charge in [-0.2, -0.15) is 9.97 Å². The van der Waals surface area contributed by atoms with Gasteiger partial charge in [0.05, 0.1) is 19.0 Å². The van der Waals surface area contributed by atoms with Gasteiger partial charge in [-0.05, 0) is 24.4 Å². The molecule has 102 valence electrons. The number of anilines is 1. The first-order valence-electron chi connectivity index (χ1n) is 5.99. The van der Waals surface area contributed by atoms with Crippen LogP contribution in [-0.2, 0) is 9.47 Å². The summed E-state index contributed by atoms with van der Waals surface area (Å²) >= 11 is 5.83. The fraction of sp³-hybridized carbons (Fsp3) is 0.545. The average molecular weight is 284 g/mol. The van der Waals surface area contributed by atoms with E-state index in [1.807, 2.05) is 4.57 Å². The van der Waals surface area contributed by atoms with Gasteiger partial charge in [-0.3, -0.25) is 4.57 Å². The van der Waals surface area contributed by atoms with E-state index < -0.39 is 0 Å². The van der Waals surface area contributed by atoms with Gasteiger partial charge in [0.25, 0.3) is 0 Å². The van der Waals surface area contributed by atoms with Crippen molar-refractivity contribution < 1.29 is 9.47 Å². The normalized spacial score (nSPS) is 23.3. The van der Waals surface area contributed by atoms with Crippen molar-refractivity contribution in [3.05, 3.63) is 11.6 Å². The second-order valence-corrected chi connectivity index (χ2v) is 4.79. The number of aromatic nitrogens is 4. The molecule has 0 aromatic carbocycles. The fourth-order valence-electron chi connectivity index (χ4n) is 2.32. The summed E-state index contributed by atoms with van der Waals surface area (Å²) in [4.78, 5) is 12.3. The van der Waals surface area contributed by atoms with Crippen molar-refractivity contribution in [3.63, 3.8) is 0 Å². The van der Waals surface area contributed by atoms with E-state index in [1.54, 1.807) is 13.4 Å². The van der Waals surface area contributed by atoms with Crippen LogP contribution in [0, 0.1) is 0 Å². The Labute approximate surface area is 114 Å². The van der Waals surface area contributed by atoms with Crippen LogP contribution in [0.4, 0.5) is 5.82 Å². The third kappa shape index (κ3) is 2.24. The molecule has 2 aromatic heterocycles. The lowest BCUT2D eigenvalue weighted by molar-refractivity contribution is -0.0300. The third-order valence-electron chi connectivity index (χ3n) is 3.17. The van der Waals surface area contributed by atoms with Crippen molar-refractivity contribution in [2.24, 2.45) is 0 Å². The Morgan fingerprint density at radius 1 is 1.53 bits per heavy atom. The molecule has 0 radical (unpaired) electrons.